The molecule has 1 amide bonds. The van der Waals surface area contributed by atoms with Crippen molar-refractivity contribution in [2.75, 3.05) is 26.7 Å². The number of para-hydroxylation sites is 1. The Morgan fingerprint density at radius 1 is 1.33 bits per heavy atom. The monoisotopic (exact) mass is 290 g/mol. The molecule has 0 unspecified atom stereocenters. The zero-order valence-electron chi connectivity index (χ0n) is 13.7. The van der Waals surface area contributed by atoms with Gasteiger partial charge in [-0.1, -0.05) is 18.2 Å². The van der Waals surface area contributed by atoms with Crippen molar-refractivity contribution in [3.63, 3.8) is 0 Å². The molecule has 116 valence electrons. The average molecular weight is 290 g/mol. The summed E-state index contributed by atoms with van der Waals surface area (Å²) in [5.41, 5.74) is 0.155. The number of nitrogens with zero attached hydrogens (tertiary/aromatic N) is 1. The molecule has 0 bridgehead atoms. The third-order valence-electron chi connectivity index (χ3n) is 4.36. The van der Waals surface area contributed by atoms with E-state index >= 15 is 0 Å². The van der Waals surface area contributed by atoms with Gasteiger partial charge in [0.25, 0.3) is 0 Å². The first-order chi connectivity index (χ1) is 9.80. The zero-order valence-corrected chi connectivity index (χ0v) is 13.7. The van der Waals surface area contributed by atoms with Gasteiger partial charge in [0, 0.05) is 30.7 Å². The Labute approximate surface area is 127 Å². The quantitative estimate of drug-likeness (QED) is 0.928. The van der Waals surface area contributed by atoms with Crippen molar-refractivity contribution >= 4 is 5.91 Å². The van der Waals surface area contributed by atoms with Crippen LogP contribution in [0, 0.1) is 0 Å². The SMILES string of the molecule is COc1ccccc1C(C)(C)C(=O)N1CCNCC1(C)C. The number of ether oxygens (including phenoxy) is 1. The van der Waals surface area contributed by atoms with Crippen molar-refractivity contribution in [3.8, 4) is 5.75 Å². The van der Waals surface area contributed by atoms with Crippen LogP contribution in [0.1, 0.15) is 33.3 Å². The van der Waals surface area contributed by atoms with Crippen LogP contribution in [0.5, 0.6) is 5.75 Å². The molecule has 0 aliphatic carbocycles. The Morgan fingerprint density at radius 2 is 2.00 bits per heavy atom. The molecule has 2 rings (SSSR count). The van der Waals surface area contributed by atoms with Crippen molar-refractivity contribution in [2.45, 2.75) is 38.6 Å². The molecule has 21 heavy (non-hydrogen) atoms. The summed E-state index contributed by atoms with van der Waals surface area (Å²) in [6.45, 7) is 10.6. The van der Waals surface area contributed by atoms with E-state index in [0.717, 1.165) is 30.9 Å². The lowest BCUT2D eigenvalue weighted by atomic mass is 9.81. The van der Waals surface area contributed by atoms with Gasteiger partial charge in [-0.3, -0.25) is 4.79 Å². The molecule has 1 N–H and O–H groups in total. The number of hydrogen-bond donors (Lipinski definition) is 1. The summed E-state index contributed by atoms with van der Waals surface area (Å²) in [6, 6.07) is 7.77. The number of piperazine rings is 1. The predicted octanol–water partition coefficient (Wildman–Crippen LogP) is 2.18. The van der Waals surface area contributed by atoms with Crippen LogP contribution in [0.3, 0.4) is 0 Å². The smallest absolute Gasteiger partial charge is 0.233 e. The summed E-state index contributed by atoms with van der Waals surface area (Å²) >= 11 is 0. The van der Waals surface area contributed by atoms with Crippen LogP contribution < -0.4 is 10.1 Å². The maximum atomic E-state index is 13.1. The molecule has 1 heterocycles. The van der Waals surface area contributed by atoms with E-state index in [0.29, 0.717) is 0 Å². The predicted molar refractivity (Wildman–Crippen MR) is 84.7 cm³/mol. The van der Waals surface area contributed by atoms with E-state index in [1.54, 1.807) is 7.11 Å². The number of amides is 1. The highest BCUT2D eigenvalue weighted by molar-refractivity contribution is 5.89. The van der Waals surface area contributed by atoms with Gasteiger partial charge in [-0.15, -0.1) is 0 Å². The van der Waals surface area contributed by atoms with Crippen molar-refractivity contribution in [1.29, 1.82) is 0 Å². The van der Waals surface area contributed by atoms with Crippen LogP contribution >= 0.6 is 0 Å². The van der Waals surface area contributed by atoms with E-state index in [-0.39, 0.29) is 11.4 Å². The van der Waals surface area contributed by atoms with Crippen molar-refractivity contribution < 1.29 is 9.53 Å². The third-order valence-corrected chi connectivity index (χ3v) is 4.36. The normalized spacial score (nSPS) is 18.4. The number of nitrogens with one attached hydrogen (secondary N) is 1. The molecule has 4 nitrogen and oxygen atoms in total. The van der Waals surface area contributed by atoms with Gasteiger partial charge in [0.1, 0.15) is 5.75 Å². The van der Waals surface area contributed by atoms with Gasteiger partial charge < -0.3 is 15.0 Å². The molecule has 1 saturated heterocycles. The van der Waals surface area contributed by atoms with Gasteiger partial charge >= 0.3 is 0 Å². The molecule has 1 aliphatic rings. The fourth-order valence-electron chi connectivity index (χ4n) is 2.97. The number of methoxy groups -OCH3 is 1. The highest BCUT2D eigenvalue weighted by Gasteiger charge is 2.42. The highest BCUT2D eigenvalue weighted by Crippen LogP contribution is 2.35. The molecular formula is C17H26N2O2. The van der Waals surface area contributed by atoms with Gasteiger partial charge in [-0.25, -0.2) is 0 Å². The number of benzene rings is 1. The Balaban J connectivity index is 2.36. The topological polar surface area (TPSA) is 41.6 Å². The number of rotatable bonds is 3. The molecule has 1 aliphatic heterocycles. The summed E-state index contributed by atoms with van der Waals surface area (Å²) in [5.74, 6) is 0.919. The maximum absolute atomic E-state index is 13.1. The minimum absolute atomic E-state index is 0.151. The van der Waals surface area contributed by atoms with Crippen molar-refractivity contribution in [2.24, 2.45) is 0 Å². The number of carbonyl (C=O) groups is 1. The van der Waals surface area contributed by atoms with Gasteiger partial charge in [-0.2, -0.15) is 0 Å². The second kappa shape index (κ2) is 5.68. The van der Waals surface area contributed by atoms with Crippen LogP contribution in [-0.4, -0.2) is 43.1 Å². The summed E-state index contributed by atoms with van der Waals surface area (Å²) in [5, 5.41) is 3.36. The Bertz CT molecular complexity index is 523. The van der Waals surface area contributed by atoms with Crippen molar-refractivity contribution in [3.05, 3.63) is 29.8 Å². The van der Waals surface area contributed by atoms with E-state index in [1.807, 2.05) is 43.0 Å². The van der Waals surface area contributed by atoms with E-state index < -0.39 is 5.41 Å². The fraction of sp³-hybridized carbons (Fsp3) is 0.588. The molecule has 0 aromatic heterocycles. The molecular weight excluding hydrogens is 264 g/mol. The molecule has 0 atom stereocenters. The second-order valence-corrected chi connectivity index (χ2v) is 6.77. The van der Waals surface area contributed by atoms with Gasteiger partial charge in [0.15, 0.2) is 0 Å². The summed E-state index contributed by atoms with van der Waals surface area (Å²) < 4.78 is 5.44. The molecule has 1 aromatic rings. The molecule has 1 aromatic carbocycles. The summed E-state index contributed by atoms with van der Waals surface area (Å²) in [6.07, 6.45) is 0. The average Bonchev–Trinajstić information content (AvgIpc) is 2.46. The van der Waals surface area contributed by atoms with E-state index in [1.165, 1.54) is 0 Å². The summed E-state index contributed by atoms with van der Waals surface area (Å²) in [7, 11) is 1.65. The largest absolute Gasteiger partial charge is 0.496 e. The first-order valence-electron chi connectivity index (χ1n) is 7.47. The molecule has 4 heteroatoms. The molecule has 0 spiro atoms. The van der Waals surface area contributed by atoms with E-state index in [9.17, 15) is 4.79 Å². The molecule has 0 radical (unpaired) electrons. The fourth-order valence-corrected chi connectivity index (χ4v) is 2.97. The Kier molecular flexibility index (Phi) is 4.28. The van der Waals surface area contributed by atoms with Crippen LogP contribution in [0.25, 0.3) is 0 Å². The molecule has 1 fully saturated rings. The van der Waals surface area contributed by atoms with Gasteiger partial charge in [-0.05, 0) is 33.8 Å². The van der Waals surface area contributed by atoms with Crippen LogP contribution in [0.15, 0.2) is 24.3 Å². The maximum Gasteiger partial charge on any atom is 0.233 e. The minimum Gasteiger partial charge on any atom is -0.496 e. The highest BCUT2D eigenvalue weighted by atomic mass is 16.5. The first-order valence-corrected chi connectivity index (χ1v) is 7.47. The number of hydrogen-bond acceptors (Lipinski definition) is 3. The van der Waals surface area contributed by atoms with Gasteiger partial charge in [0.2, 0.25) is 5.91 Å². The van der Waals surface area contributed by atoms with Crippen LogP contribution in [0.2, 0.25) is 0 Å². The Hall–Kier alpha value is -1.55. The van der Waals surface area contributed by atoms with Crippen molar-refractivity contribution in [1.82, 2.24) is 10.2 Å². The standard InChI is InChI=1S/C17H26N2O2/c1-16(2)12-18-10-11-19(16)15(20)17(3,4)13-8-6-7-9-14(13)21-5/h6-9,18H,10-12H2,1-5H3. The minimum atomic E-state index is -0.610. The Morgan fingerprint density at radius 3 is 2.62 bits per heavy atom. The lowest BCUT2D eigenvalue weighted by Gasteiger charge is -2.46. The lowest BCUT2D eigenvalue weighted by Crippen LogP contribution is -2.62. The number of carbonyl (C=O) groups excluding carboxylic acids is 1. The third kappa shape index (κ3) is 2.91. The second-order valence-electron chi connectivity index (χ2n) is 6.77. The van der Waals surface area contributed by atoms with E-state index in [4.69, 9.17) is 4.74 Å². The lowest BCUT2D eigenvalue weighted by molar-refractivity contribution is -0.143. The van der Waals surface area contributed by atoms with Gasteiger partial charge in [0.05, 0.1) is 12.5 Å². The van der Waals surface area contributed by atoms with E-state index in [2.05, 4.69) is 19.2 Å². The summed E-state index contributed by atoms with van der Waals surface area (Å²) in [4.78, 5) is 15.1. The zero-order chi connectivity index (χ0) is 15.7. The first kappa shape index (κ1) is 15.8. The van der Waals surface area contributed by atoms with Crippen LogP contribution in [0.4, 0.5) is 0 Å². The molecule has 0 saturated carbocycles. The van der Waals surface area contributed by atoms with Crippen LogP contribution in [-0.2, 0) is 10.2 Å².